The van der Waals surface area contributed by atoms with Gasteiger partial charge in [0.15, 0.2) is 0 Å². The SMILES string of the molecule is BCCCC(c1ccccc1)(c1ccccc1)c1ccccc1.N. The average Bonchev–Trinajstić information content (AvgIpc) is 2.65. The van der Waals surface area contributed by atoms with E-state index in [1.807, 2.05) is 0 Å². The monoisotopic (exact) mass is 315 g/mol. The molecule has 122 valence electrons. The number of hydrogen-bond acceptors (Lipinski definition) is 1. The summed E-state index contributed by atoms with van der Waals surface area (Å²) in [7, 11) is 2.27. The molecule has 0 aromatic heterocycles. The highest BCUT2D eigenvalue weighted by Gasteiger charge is 2.35. The Bertz CT molecular complexity index is 614. The van der Waals surface area contributed by atoms with Crippen LogP contribution in [0.15, 0.2) is 91.0 Å². The summed E-state index contributed by atoms with van der Waals surface area (Å²) in [6.07, 6.45) is 3.54. The lowest BCUT2D eigenvalue weighted by molar-refractivity contribution is 0.550. The Kier molecular flexibility index (Phi) is 6.40. The van der Waals surface area contributed by atoms with Crippen LogP contribution in [0.4, 0.5) is 0 Å². The second kappa shape index (κ2) is 8.51. The molecule has 24 heavy (non-hydrogen) atoms. The van der Waals surface area contributed by atoms with Crippen LogP contribution in [0.5, 0.6) is 0 Å². The summed E-state index contributed by atoms with van der Waals surface area (Å²) >= 11 is 0. The predicted molar refractivity (Wildman–Crippen MR) is 107 cm³/mol. The van der Waals surface area contributed by atoms with E-state index in [2.05, 4.69) is 98.8 Å². The van der Waals surface area contributed by atoms with E-state index in [1.54, 1.807) is 0 Å². The number of rotatable bonds is 6. The van der Waals surface area contributed by atoms with Crippen LogP contribution >= 0.6 is 0 Å². The van der Waals surface area contributed by atoms with Crippen molar-refractivity contribution in [2.75, 3.05) is 0 Å². The van der Waals surface area contributed by atoms with Gasteiger partial charge in [-0.2, -0.15) is 0 Å². The largest absolute Gasteiger partial charge is 0.344 e. The van der Waals surface area contributed by atoms with Crippen molar-refractivity contribution in [1.82, 2.24) is 6.15 Å². The molecule has 0 aliphatic carbocycles. The maximum atomic E-state index is 2.27. The van der Waals surface area contributed by atoms with Crippen molar-refractivity contribution in [1.29, 1.82) is 0 Å². The van der Waals surface area contributed by atoms with Gasteiger partial charge in [0, 0.05) is 5.41 Å². The third-order valence-corrected chi connectivity index (χ3v) is 4.71. The molecule has 1 nitrogen and oxygen atoms in total. The van der Waals surface area contributed by atoms with E-state index >= 15 is 0 Å². The normalized spacial score (nSPS) is 10.8. The third kappa shape index (κ3) is 3.44. The van der Waals surface area contributed by atoms with Crippen molar-refractivity contribution in [3.8, 4) is 0 Å². The standard InChI is InChI=1S/C22H23B.H3N/c23-18-10-17-22(19-11-4-1-5-12-19,20-13-6-2-7-14-20)21-15-8-3-9-16-21;/h1-9,11-16H,10,17-18,23H2;1H3. The van der Waals surface area contributed by atoms with E-state index in [4.69, 9.17) is 0 Å². The molecule has 0 saturated heterocycles. The Morgan fingerprint density at radius 3 is 1.21 bits per heavy atom. The quantitative estimate of drug-likeness (QED) is 0.503. The zero-order chi connectivity index (χ0) is 16.0. The van der Waals surface area contributed by atoms with Crippen LogP contribution in [0.25, 0.3) is 0 Å². The van der Waals surface area contributed by atoms with E-state index < -0.39 is 0 Å². The highest BCUT2D eigenvalue weighted by atomic mass is 14.4. The minimum atomic E-state index is -0.0697. The van der Waals surface area contributed by atoms with E-state index in [-0.39, 0.29) is 11.6 Å². The summed E-state index contributed by atoms with van der Waals surface area (Å²) in [6, 6.07) is 32.9. The Balaban J connectivity index is 0.00000208. The lowest BCUT2D eigenvalue weighted by Crippen LogP contribution is -2.29. The number of hydrogen-bond donors (Lipinski definition) is 1. The first-order valence-corrected chi connectivity index (χ1v) is 8.54. The molecule has 3 rings (SSSR count). The lowest BCUT2D eigenvalue weighted by atomic mass is 9.66. The van der Waals surface area contributed by atoms with Crippen molar-refractivity contribution >= 4 is 7.85 Å². The van der Waals surface area contributed by atoms with Gasteiger partial charge >= 0.3 is 0 Å². The van der Waals surface area contributed by atoms with Gasteiger partial charge in [0.05, 0.1) is 0 Å². The Hall–Kier alpha value is -2.32. The summed E-state index contributed by atoms with van der Waals surface area (Å²) in [5, 5.41) is 0. The molecule has 0 unspecified atom stereocenters. The van der Waals surface area contributed by atoms with Crippen molar-refractivity contribution in [3.05, 3.63) is 108 Å². The molecule has 0 radical (unpaired) electrons. The third-order valence-electron chi connectivity index (χ3n) is 4.71. The molecular formula is C22H26BN. The summed E-state index contributed by atoms with van der Waals surface area (Å²) in [4.78, 5) is 0. The Morgan fingerprint density at radius 1 is 0.583 bits per heavy atom. The smallest absolute Gasteiger partial charge is 0.101 e. The van der Waals surface area contributed by atoms with E-state index in [0.29, 0.717) is 0 Å². The van der Waals surface area contributed by atoms with Crippen molar-refractivity contribution in [2.45, 2.75) is 24.6 Å². The number of benzene rings is 3. The van der Waals surface area contributed by atoms with Crippen molar-refractivity contribution < 1.29 is 0 Å². The van der Waals surface area contributed by atoms with Crippen molar-refractivity contribution in [2.24, 2.45) is 0 Å². The molecule has 0 fully saturated rings. The van der Waals surface area contributed by atoms with Crippen LogP contribution in [0.3, 0.4) is 0 Å². The minimum Gasteiger partial charge on any atom is -0.344 e. The highest BCUT2D eigenvalue weighted by Crippen LogP contribution is 2.43. The zero-order valence-electron chi connectivity index (χ0n) is 14.5. The van der Waals surface area contributed by atoms with Crippen LogP contribution in [0.2, 0.25) is 6.32 Å². The van der Waals surface area contributed by atoms with Gasteiger partial charge < -0.3 is 6.15 Å². The average molecular weight is 315 g/mol. The zero-order valence-corrected chi connectivity index (χ0v) is 14.5. The lowest BCUT2D eigenvalue weighted by Gasteiger charge is -2.36. The Morgan fingerprint density at radius 2 is 0.917 bits per heavy atom. The fourth-order valence-electron chi connectivity index (χ4n) is 3.54. The molecule has 3 N–H and O–H groups in total. The predicted octanol–water partition coefficient (Wildman–Crippen LogP) is 5.01. The van der Waals surface area contributed by atoms with Gasteiger partial charge in [-0.3, -0.25) is 0 Å². The van der Waals surface area contributed by atoms with Gasteiger partial charge in [0.25, 0.3) is 0 Å². The topological polar surface area (TPSA) is 35.0 Å². The summed E-state index contributed by atoms with van der Waals surface area (Å²) in [5.41, 5.74) is 4.07. The minimum absolute atomic E-state index is 0. The molecule has 0 bridgehead atoms. The molecule has 0 aliphatic heterocycles. The Labute approximate surface area is 146 Å². The molecule has 0 amide bonds. The highest BCUT2D eigenvalue weighted by molar-refractivity contribution is 6.08. The maximum Gasteiger partial charge on any atom is 0.101 e. The van der Waals surface area contributed by atoms with Crippen LogP contribution in [0, 0.1) is 0 Å². The van der Waals surface area contributed by atoms with Crippen LogP contribution in [-0.2, 0) is 5.41 Å². The molecular weight excluding hydrogens is 289 g/mol. The fraction of sp³-hybridized carbons (Fsp3) is 0.182. The molecule has 0 spiro atoms. The van der Waals surface area contributed by atoms with E-state index in [0.717, 1.165) is 6.42 Å². The first kappa shape index (κ1) is 18.0. The molecule has 2 heteroatoms. The molecule has 3 aromatic rings. The molecule has 0 aliphatic rings. The first-order valence-electron chi connectivity index (χ1n) is 8.54. The van der Waals surface area contributed by atoms with Gasteiger partial charge in [-0.25, -0.2) is 0 Å². The van der Waals surface area contributed by atoms with Crippen LogP contribution in [-0.4, -0.2) is 7.85 Å². The second-order valence-electron chi connectivity index (χ2n) is 6.11. The van der Waals surface area contributed by atoms with Crippen LogP contribution < -0.4 is 6.15 Å². The van der Waals surface area contributed by atoms with Gasteiger partial charge in [-0.1, -0.05) is 104 Å². The van der Waals surface area contributed by atoms with Gasteiger partial charge in [-0.15, -0.1) is 0 Å². The molecule has 0 atom stereocenters. The maximum absolute atomic E-state index is 2.27. The summed E-state index contributed by atoms with van der Waals surface area (Å²) < 4.78 is 0. The first-order chi connectivity index (χ1) is 11.4. The van der Waals surface area contributed by atoms with E-state index in [9.17, 15) is 0 Å². The molecule has 0 heterocycles. The summed E-state index contributed by atoms with van der Waals surface area (Å²) in [5.74, 6) is 0. The van der Waals surface area contributed by atoms with Gasteiger partial charge in [0.2, 0.25) is 0 Å². The van der Waals surface area contributed by atoms with Gasteiger partial charge in [0.1, 0.15) is 7.85 Å². The van der Waals surface area contributed by atoms with Crippen molar-refractivity contribution in [3.63, 3.8) is 0 Å². The van der Waals surface area contributed by atoms with Crippen LogP contribution in [0.1, 0.15) is 29.5 Å². The molecule has 0 saturated carbocycles. The second-order valence-corrected chi connectivity index (χ2v) is 6.11. The fourth-order valence-corrected chi connectivity index (χ4v) is 3.54. The molecule has 3 aromatic carbocycles. The van der Waals surface area contributed by atoms with Gasteiger partial charge in [-0.05, 0) is 23.1 Å². The summed E-state index contributed by atoms with van der Waals surface area (Å²) in [6.45, 7) is 0. The van der Waals surface area contributed by atoms with E-state index in [1.165, 1.54) is 29.4 Å².